The van der Waals surface area contributed by atoms with Crippen molar-refractivity contribution in [3.8, 4) is 22.3 Å². The Labute approximate surface area is 345 Å². The van der Waals surface area contributed by atoms with E-state index in [1.54, 1.807) is 12.4 Å². The fraction of sp³-hybridized carbons (Fsp3) is 0. The molecule has 6 heterocycles. The van der Waals surface area contributed by atoms with Crippen LogP contribution < -0.4 is 10.6 Å². The summed E-state index contributed by atoms with van der Waals surface area (Å²) in [6, 6.07) is 57.0. The number of rotatable bonds is 6. The second-order valence-corrected chi connectivity index (χ2v) is 20.7. The molecule has 0 bridgehead atoms. The lowest BCUT2D eigenvalue weighted by Gasteiger charge is -2.23. The Morgan fingerprint density at radius 3 is 1.18 bits per heavy atom. The van der Waals surface area contributed by atoms with E-state index in [9.17, 15) is 0 Å². The maximum absolute atomic E-state index is 16.9. The number of hydrogen-bond acceptors (Lipinski definition) is 4. The molecule has 6 nitrogen and oxygen atoms in total. The van der Waals surface area contributed by atoms with Gasteiger partial charge in [0.25, 0.3) is 0 Å². The number of nitrogens with zero attached hydrogens (tertiary/aromatic N) is 4. The summed E-state index contributed by atoms with van der Waals surface area (Å²) < 4.78 is 38.0. The third kappa shape index (κ3) is 4.90. The van der Waals surface area contributed by atoms with Crippen LogP contribution in [-0.4, -0.2) is 19.1 Å². The summed E-state index contributed by atoms with van der Waals surface area (Å²) >= 11 is 0. The van der Waals surface area contributed by atoms with Gasteiger partial charge >= 0.3 is 0 Å². The fourth-order valence-corrected chi connectivity index (χ4v) is 16.2. The molecule has 0 fully saturated rings. The standard InChI is InChI=1S/C52H34N4O2P2/c57-59(39-15-3-1-4-16-39)49-31-52(56-46-22-10-8-20-42(46)44-30-36(24-26-48(44)56)38-14-12-28-54-34-38)60(58,40-17-5-2-6-18-40)50(49)32-51(59)55-45-21-9-7-19-41(45)43-29-35(23-25-47(43)55)37-13-11-27-53-33-37/h1-34H. The summed E-state index contributed by atoms with van der Waals surface area (Å²) in [7, 11) is -7.37. The SMILES string of the molecule is O=P1(c2ccccc2)C(n2c3ccccc3c3cc(-c4cccnc4)ccc32)=CC2=C1C=C(n1c3ccccc3c3cc(-c4cccnc4)ccc31)P2(=O)c1ccccc1. The van der Waals surface area contributed by atoms with Crippen LogP contribution in [-0.2, 0) is 9.13 Å². The topological polar surface area (TPSA) is 69.8 Å². The van der Waals surface area contributed by atoms with Gasteiger partial charge < -0.3 is 18.3 Å². The van der Waals surface area contributed by atoms with E-state index >= 15 is 9.13 Å². The largest absolute Gasteiger partial charge is 0.307 e. The van der Waals surface area contributed by atoms with Crippen molar-refractivity contribution in [2.24, 2.45) is 0 Å². The number of benzene rings is 6. The molecule has 2 atom stereocenters. The van der Waals surface area contributed by atoms with Gasteiger partial charge in [-0.2, -0.15) is 0 Å². The normalized spacial score (nSPS) is 18.7. The molecule has 12 rings (SSSR count). The van der Waals surface area contributed by atoms with Crippen molar-refractivity contribution in [2.75, 3.05) is 0 Å². The van der Waals surface area contributed by atoms with Gasteiger partial charge in [0.1, 0.15) is 0 Å². The third-order valence-corrected chi connectivity index (χ3v) is 18.4. The number of fused-ring (bicyclic) bond motifs is 6. The fourth-order valence-electron chi connectivity index (χ4n) is 9.42. The average molecular weight is 809 g/mol. The molecule has 8 heteroatoms. The zero-order chi connectivity index (χ0) is 40.0. The summed E-state index contributed by atoms with van der Waals surface area (Å²) in [5.74, 6) is 0. The van der Waals surface area contributed by atoms with Crippen LogP contribution in [0.2, 0.25) is 0 Å². The van der Waals surface area contributed by atoms with Crippen LogP contribution in [0.5, 0.6) is 0 Å². The molecular formula is C52H34N4O2P2. The minimum absolute atomic E-state index is 0.613. The smallest absolute Gasteiger partial charge is 0.187 e. The molecule has 0 N–H and O–H groups in total. The molecular weight excluding hydrogens is 775 g/mol. The summed E-state index contributed by atoms with van der Waals surface area (Å²) in [4.78, 5) is 8.75. The number of para-hydroxylation sites is 2. The predicted molar refractivity (Wildman–Crippen MR) is 248 cm³/mol. The van der Waals surface area contributed by atoms with Crippen LogP contribution >= 0.6 is 14.3 Å². The Morgan fingerprint density at radius 2 is 0.767 bits per heavy atom. The minimum atomic E-state index is -3.69. The number of allylic oxidation sites excluding steroid dienone is 4. The quantitative estimate of drug-likeness (QED) is 0.157. The van der Waals surface area contributed by atoms with Crippen molar-refractivity contribution in [3.63, 3.8) is 0 Å². The summed E-state index contributed by atoms with van der Waals surface area (Å²) in [6.07, 6.45) is 11.3. The Kier molecular flexibility index (Phi) is 7.68. The third-order valence-electron chi connectivity index (χ3n) is 12.2. The molecule has 0 saturated carbocycles. The molecule has 4 aromatic heterocycles. The zero-order valence-electron chi connectivity index (χ0n) is 32.1. The maximum Gasteiger partial charge on any atom is 0.187 e. The monoisotopic (exact) mass is 808 g/mol. The van der Waals surface area contributed by atoms with Gasteiger partial charge in [0.2, 0.25) is 0 Å². The van der Waals surface area contributed by atoms with E-state index in [1.807, 2.05) is 122 Å². The lowest BCUT2D eigenvalue weighted by molar-refractivity contribution is 0.589. The highest BCUT2D eigenvalue weighted by Crippen LogP contribution is 2.80. The molecule has 0 spiro atoms. The van der Waals surface area contributed by atoms with Crippen molar-refractivity contribution in [2.45, 2.75) is 0 Å². The Bertz CT molecular complexity index is 3350. The molecule has 2 unspecified atom stereocenters. The van der Waals surface area contributed by atoms with Crippen molar-refractivity contribution >= 4 is 79.4 Å². The molecule has 2 aliphatic rings. The molecule has 0 radical (unpaired) electrons. The molecule has 6 aromatic carbocycles. The van der Waals surface area contributed by atoms with Crippen LogP contribution in [0.3, 0.4) is 0 Å². The number of pyridine rings is 2. The summed E-state index contributed by atoms with van der Waals surface area (Å²) in [5.41, 5.74) is 9.13. The number of aromatic nitrogens is 4. The summed E-state index contributed by atoms with van der Waals surface area (Å²) in [6.45, 7) is 0. The Balaban J connectivity index is 1.14. The van der Waals surface area contributed by atoms with Crippen LogP contribution in [0.1, 0.15) is 0 Å². The highest BCUT2D eigenvalue weighted by Gasteiger charge is 2.52. The van der Waals surface area contributed by atoms with E-state index in [-0.39, 0.29) is 0 Å². The van der Waals surface area contributed by atoms with E-state index in [0.29, 0.717) is 32.1 Å². The molecule has 284 valence electrons. The van der Waals surface area contributed by atoms with Gasteiger partial charge in [-0.1, -0.05) is 121 Å². The maximum atomic E-state index is 16.9. The molecule has 0 aliphatic carbocycles. The second kappa shape index (κ2) is 13.2. The minimum Gasteiger partial charge on any atom is -0.307 e. The van der Waals surface area contributed by atoms with Crippen LogP contribution in [0.25, 0.3) is 76.7 Å². The Hall–Kier alpha value is -7.10. The van der Waals surface area contributed by atoms with Crippen molar-refractivity contribution in [3.05, 3.63) is 217 Å². The highest BCUT2D eigenvalue weighted by molar-refractivity contribution is 7.90. The molecule has 10 aromatic rings. The van der Waals surface area contributed by atoms with Gasteiger partial charge in [0.15, 0.2) is 14.3 Å². The lowest BCUT2D eigenvalue weighted by atomic mass is 10.0. The molecule has 0 saturated heterocycles. The molecule has 60 heavy (non-hydrogen) atoms. The van der Waals surface area contributed by atoms with Crippen molar-refractivity contribution in [1.29, 1.82) is 0 Å². The first-order chi connectivity index (χ1) is 29.5. The highest BCUT2D eigenvalue weighted by atomic mass is 31.2. The molecule has 0 amide bonds. The van der Waals surface area contributed by atoms with Gasteiger partial charge in [-0.15, -0.1) is 0 Å². The number of hydrogen-bond donors (Lipinski definition) is 0. The van der Waals surface area contributed by atoms with E-state index in [1.165, 1.54) is 0 Å². The van der Waals surface area contributed by atoms with Gasteiger partial charge in [-0.25, -0.2) is 0 Å². The van der Waals surface area contributed by atoms with E-state index in [4.69, 9.17) is 0 Å². The van der Waals surface area contributed by atoms with Crippen molar-refractivity contribution in [1.82, 2.24) is 19.1 Å². The van der Waals surface area contributed by atoms with Gasteiger partial charge in [-0.3, -0.25) is 9.97 Å². The van der Waals surface area contributed by atoms with Gasteiger partial charge in [0, 0.05) is 78.7 Å². The van der Waals surface area contributed by atoms with E-state index < -0.39 is 14.3 Å². The van der Waals surface area contributed by atoms with Crippen LogP contribution in [0.4, 0.5) is 0 Å². The van der Waals surface area contributed by atoms with E-state index in [0.717, 1.165) is 65.9 Å². The predicted octanol–water partition coefficient (Wildman–Crippen LogP) is 12.9. The first kappa shape index (κ1) is 34.9. The van der Waals surface area contributed by atoms with E-state index in [2.05, 4.69) is 91.9 Å². The first-order valence-electron chi connectivity index (χ1n) is 19.9. The Morgan fingerprint density at radius 1 is 0.367 bits per heavy atom. The van der Waals surface area contributed by atoms with Crippen LogP contribution in [0, 0.1) is 0 Å². The van der Waals surface area contributed by atoms with Crippen LogP contribution in [0.15, 0.2) is 217 Å². The van der Waals surface area contributed by atoms with Gasteiger partial charge in [-0.05, 0) is 71.8 Å². The lowest BCUT2D eigenvalue weighted by Crippen LogP contribution is -2.10. The zero-order valence-corrected chi connectivity index (χ0v) is 33.9. The summed E-state index contributed by atoms with van der Waals surface area (Å²) in [5, 5.41) is 6.78. The second-order valence-electron chi connectivity index (χ2n) is 15.3. The average Bonchev–Trinajstić information content (AvgIpc) is 4.01. The van der Waals surface area contributed by atoms with Crippen molar-refractivity contribution < 1.29 is 9.13 Å². The van der Waals surface area contributed by atoms with Gasteiger partial charge in [0.05, 0.1) is 32.9 Å². The first-order valence-corrected chi connectivity index (χ1v) is 23.3. The molecule has 2 aliphatic heterocycles.